The van der Waals surface area contributed by atoms with Gasteiger partial charge >= 0.3 is 0 Å². The highest BCUT2D eigenvalue weighted by molar-refractivity contribution is 5.76. The summed E-state index contributed by atoms with van der Waals surface area (Å²) in [4.78, 5) is 17.2. The molecule has 1 saturated heterocycles. The van der Waals surface area contributed by atoms with Crippen LogP contribution in [0.25, 0.3) is 11.3 Å². The van der Waals surface area contributed by atoms with Crippen molar-refractivity contribution < 1.29 is 9.47 Å². The molecule has 0 aliphatic carbocycles. The molecule has 2 aromatic heterocycles. The monoisotopic (exact) mass is 427 g/mol. The number of nitrogens with zero attached hydrogens (tertiary/aromatic N) is 4. The first kappa shape index (κ1) is 23.3. The minimum atomic E-state index is 0.132. The highest BCUT2D eigenvalue weighted by Gasteiger charge is 2.23. The lowest BCUT2D eigenvalue weighted by Crippen LogP contribution is -2.37. The number of aryl methyl sites for hydroxylation is 1. The van der Waals surface area contributed by atoms with Gasteiger partial charge < -0.3 is 19.7 Å². The van der Waals surface area contributed by atoms with Crippen LogP contribution in [0.2, 0.25) is 0 Å². The minimum absolute atomic E-state index is 0.132. The molecule has 0 spiro atoms. The first-order valence-corrected chi connectivity index (χ1v) is 11.6. The average Bonchev–Trinajstić information content (AvgIpc) is 2.82. The van der Waals surface area contributed by atoms with Gasteiger partial charge in [-0.25, -0.2) is 15.0 Å². The van der Waals surface area contributed by atoms with Gasteiger partial charge in [0.05, 0.1) is 24.6 Å². The van der Waals surface area contributed by atoms with Crippen molar-refractivity contribution in [3.63, 3.8) is 0 Å². The van der Waals surface area contributed by atoms with Gasteiger partial charge in [0.15, 0.2) is 5.82 Å². The first-order valence-electron chi connectivity index (χ1n) is 11.6. The Morgan fingerprint density at radius 3 is 2.35 bits per heavy atom. The Kier molecular flexibility index (Phi) is 8.07. The highest BCUT2D eigenvalue weighted by Crippen LogP contribution is 2.35. The van der Waals surface area contributed by atoms with Gasteiger partial charge in [-0.3, -0.25) is 0 Å². The molecule has 3 heterocycles. The Bertz CT molecular complexity index is 861. The molecule has 1 N–H and O–H groups in total. The van der Waals surface area contributed by atoms with Crippen molar-refractivity contribution in [2.24, 2.45) is 0 Å². The van der Waals surface area contributed by atoms with Gasteiger partial charge in [-0.05, 0) is 37.3 Å². The molecule has 170 valence electrons. The Labute approximate surface area is 186 Å². The van der Waals surface area contributed by atoms with Crippen LogP contribution >= 0.6 is 0 Å². The normalized spacial score (nSPS) is 14.4. The highest BCUT2D eigenvalue weighted by atomic mass is 16.5. The fourth-order valence-corrected chi connectivity index (χ4v) is 3.76. The Morgan fingerprint density at radius 2 is 1.77 bits per heavy atom. The van der Waals surface area contributed by atoms with Crippen LogP contribution in [0.5, 0.6) is 5.88 Å². The smallest absolute Gasteiger partial charge is 0.257 e. The fraction of sp³-hybridized carbons (Fsp3) is 0.625. The van der Waals surface area contributed by atoms with Crippen molar-refractivity contribution in [2.75, 3.05) is 43.6 Å². The summed E-state index contributed by atoms with van der Waals surface area (Å²) in [6.07, 6.45) is 2.77. The molecule has 1 aliphatic heterocycles. The standard InChI is InChI=1S/C24H37N5O2/c1-7-17(8-2)31-24-22(25-6)28-21(19(9-3)27-24)18-10-11-20(16(4)5)26-23(18)29-12-14-30-15-13-29/h10-11,16-17H,7-9,12-15H2,1-6H3,(H,25,28). The van der Waals surface area contributed by atoms with Gasteiger partial charge in [0.25, 0.3) is 5.88 Å². The second-order valence-electron chi connectivity index (χ2n) is 8.19. The molecule has 1 aliphatic rings. The maximum absolute atomic E-state index is 6.19. The largest absolute Gasteiger partial charge is 0.472 e. The van der Waals surface area contributed by atoms with E-state index in [2.05, 4.69) is 57.0 Å². The number of pyridine rings is 1. The number of morpholine rings is 1. The van der Waals surface area contributed by atoms with Crippen molar-refractivity contribution >= 4 is 11.6 Å². The van der Waals surface area contributed by atoms with E-state index < -0.39 is 0 Å². The zero-order chi connectivity index (χ0) is 22.4. The van der Waals surface area contributed by atoms with Crippen molar-refractivity contribution in [1.29, 1.82) is 0 Å². The number of hydrogen-bond acceptors (Lipinski definition) is 7. The Morgan fingerprint density at radius 1 is 1.06 bits per heavy atom. The van der Waals surface area contributed by atoms with E-state index in [0.717, 1.165) is 60.8 Å². The molecule has 0 radical (unpaired) electrons. The van der Waals surface area contributed by atoms with Crippen LogP contribution in [0.15, 0.2) is 12.1 Å². The lowest BCUT2D eigenvalue weighted by Gasteiger charge is -2.30. The number of ether oxygens (including phenoxy) is 2. The molecule has 0 amide bonds. The fourth-order valence-electron chi connectivity index (χ4n) is 3.76. The molecule has 31 heavy (non-hydrogen) atoms. The van der Waals surface area contributed by atoms with Crippen molar-refractivity contribution in [1.82, 2.24) is 15.0 Å². The maximum Gasteiger partial charge on any atom is 0.257 e. The van der Waals surface area contributed by atoms with E-state index in [-0.39, 0.29) is 6.10 Å². The third-order valence-corrected chi connectivity index (χ3v) is 5.75. The molecule has 3 rings (SSSR count). The van der Waals surface area contributed by atoms with Crippen molar-refractivity contribution in [2.45, 2.75) is 65.9 Å². The molecule has 1 fully saturated rings. The van der Waals surface area contributed by atoms with Crippen molar-refractivity contribution in [3.05, 3.63) is 23.5 Å². The van der Waals surface area contributed by atoms with Gasteiger partial charge in [-0.1, -0.05) is 34.6 Å². The lowest BCUT2D eigenvalue weighted by molar-refractivity contribution is 0.122. The van der Waals surface area contributed by atoms with Crippen LogP contribution in [0.4, 0.5) is 11.6 Å². The predicted molar refractivity (Wildman–Crippen MR) is 126 cm³/mol. The maximum atomic E-state index is 6.19. The summed E-state index contributed by atoms with van der Waals surface area (Å²) in [5, 5.41) is 3.19. The zero-order valence-corrected chi connectivity index (χ0v) is 19.9. The summed E-state index contributed by atoms with van der Waals surface area (Å²) in [6, 6.07) is 4.26. The summed E-state index contributed by atoms with van der Waals surface area (Å²) in [6.45, 7) is 13.8. The molecule has 0 atom stereocenters. The molecule has 0 saturated carbocycles. The van der Waals surface area contributed by atoms with E-state index in [1.807, 2.05) is 7.05 Å². The summed E-state index contributed by atoms with van der Waals surface area (Å²) in [5.74, 6) is 2.57. The van der Waals surface area contributed by atoms with Crippen LogP contribution in [-0.4, -0.2) is 54.4 Å². The van der Waals surface area contributed by atoms with Gasteiger partial charge in [-0.15, -0.1) is 0 Å². The summed E-state index contributed by atoms with van der Waals surface area (Å²) >= 11 is 0. The van der Waals surface area contributed by atoms with Crippen LogP contribution < -0.4 is 15.0 Å². The first-order chi connectivity index (χ1) is 15.0. The summed E-state index contributed by atoms with van der Waals surface area (Å²) < 4.78 is 11.8. The quantitative estimate of drug-likeness (QED) is 0.623. The molecule has 7 heteroatoms. The summed E-state index contributed by atoms with van der Waals surface area (Å²) in [7, 11) is 1.86. The molecular formula is C24H37N5O2. The van der Waals surface area contributed by atoms with E-state index in [9.17, 15) is 0 Å². The molecule has 0 aromatic carbocycles. The van der Waals surface area contributed by atoms with Crippen LogP contribution in [-0.2, 0) is 11.2 Å². The lowest BCUT2D eigenvalue weighted by atomic mass is 10.0. The van der Waals surface area contributed by atoms with Crippen molar-refractivity contribution in [3.8, 4) is 17.1 Å². The number of nitrogens with one attached hydrogen (secondary N) is 1. The molecule has 0 unspecified atom stereocenters. The van der Waals surface area contributed by atoms with Gasteiger partial charge in [0.1, 0.15) is 11.9 Å². The van der Waals surface area contributed by atoms with Crippen LogP contribution in [0.1, 0.15) is 64.8 Å². The number of hydrogen-bond donors (Lipinski definition) is 1. The third kappa shape index (κ3) is 5.26. The Hall–Kier alpha value is -2.41. The van der Waals surface area contributed by atoms with Gasteiger partial charge in [0, 0.05) is 31.4 Å². The van der Waals surface area contributed by atoms with E-state index in [0.29, 0.717) is 30.8 Å². The zero-order valence-electron chi connectivity index (χ0n) is 19.9. The SMILES string of the molecule is CCc1nc(OC(CC)CC)c(NC)nc1-c1ccc(C(C)C)nc1N1CCOCC1. The second-order valence-corrected chi connectivity index (χ2v) is 8.19. The predicted octanol–water partition coefficient (Wildman–Crippen LogP) is 4.67. The summed E-state index contributed by atoms with van der Waals surface area (Å²) in [5.41, 5.74) is 3.89. The molecule has 7 nitrogen and oxygen atoms in total. The third-order valence-electron chi connectivity index (χ3n) is 5.75. The van der Waals surface area contributed by atoms with E-state index >= 15 is 0 Å². The Balaban J connectivity index is 2.12. The van der Waals surface area contributed by atoms with Crippen LogP contribution in [0, 0.1) is 0 Å². The molecule has 0 bridgehead atoms. The topological polar surface area (TPSA) is 72.4 Å². The van der Waals surface area contributed by atoms with E-state index in [1.165, 1.54) is 0 Å². The second kappa shape index (κ2) is 10.8. The minimum Gasteiger partial charge on any atom is -0.472 e. The van der Waals surface area contributed by atoms with Gasteiger partial charge in [-0.2, -0.15) is 0 Å². The average molecular weight is 428 g/mol. The van der Waals surface area contributed by atoms with E-state index in [1.54, 1.807) is 0 Å². The number of aromatic nitrogens is 3. The molecule has 2 aromatic rings. The number of anilines is 2. The van der Waals surface area contributed by atoms with Crippen LogP contribution in [0.3, 0.4) is 0 Å². The van der Waals surface area contributed by atoms with E-state index in [4.69, 9.17) is 24.4 Å². The van der Waals surface area contributed by atoms with Gasteiger partial charge in [0.2, 0.25) is 0 Å². The number of rotatable bonds is 9. The molecular weight excluding hydrogens is 390 g/mol.